The fourth-order valence-electron chi connectivity index (χ4n) is 3.09. The smallest absolute Gasteiger partial charge is 0.194 e. The van der Waals surface area contributed by atoms with Crippen LogP contribution in [0.25, 0.3) is 16.2 Å². The molecular weight excluding hydrogens is 252 g/mol. The van der Waals surface area contributed by atoms with Gasteiger partial charge in [-0.2, -0.15) is 0 Å². The first-order chi connectivity index (χ1) is 9.36. The highest BCUT2D eigenvalue weighted by atomic mass is 32.1. The number of imidazole rings is 1. The average molecular weight is 268 g/mol. The van der Waals surface area contributed by atoms with E-state index in [0.717, 1.165) is 11.4 Å². The number of aromatic nitrogens is 2. The van der Waals surface area contributed by atoms with Gasteiger partial charge >= 0.3 is 0 Å². The molecule has 0 bridgehead atoms. The van der Waals surface area contributed by atoms with E-state index in [-0.39, 0.29) is 0 Å². The maximum atomic E-state index is 4.43. The predicted octanol–water partition coefficient (Wildman–Crippen LogP) is 4.11. The van der Waals surface area contributed by atoms with E-state index in [1.54, 1.807) is 11.1 Å². The number of aryl methyl sites for hydroxylation is 3. The first-order valence-electron chi connectivity index (χ1n) is 6.93. The average Bonchev–Trinajstić information content (AvgIpc) is 3.11. The molecular formula is C16H16N2S. The van der Waals surface area contributed by atoms with Crippen molar-refractivity contribution in [3.63, 3.8) is 0 Å². The molecule has 0 fully saturated rings. The number of benzene rings is 1. The zero-order valence-corrected chi connectivity index (χ0v) is 11.8. The lowest BCUT2D eigenvalue weighted by molar-refractivity contribution is 0.912. The minimum Gasteiger partial charge on any atom is -0.290 e. The van der Waals surface area contributed by atoms with E-state index in [1.165, 1.54) is 35.4 Å². The molecule has 2 heterocycles. The van der Waals surface area contributed by atoms with Gasteiger partial charge in [-0.1, -0.05) is 19.1 Å². The molecule has 0 atom stereocenters. The second kappa shape index (κ2) is 4.20. The topological polar surface area (TPSA) is 17.3 Å². The molecule has 1 aliphatic carbocycles. The molecule has 0 saturated carbocycles. The molecule has 0 aliphatic heterocycles. The van der Waals surface area contributed by atoms with Crippen LogP contribution in [0.15, 0.2) is 30.6 Å². The maximum absolute atomic E-state index is 4.43. The fraction of sp³-hybridized carbons (Fsp3) is 0.312. The predicted molar refractivity (Wildman–Crippen MR) is 79.9 cm³/mol. The number of hydrogen-bond donors (Lipinski definition) is 0. The number of hydrogen-bond acceptors (Lipinski definition) is 2. The van der Waals surface area contributed by atoms with Crippen molar-refractivity contribution in [2.75, 3.05) is 0 Å². The summed E-state index contributed by atoms with van der Waals surface area (Å²) in [5, 5.41) is 0. The Morgan fingerprint density at radius 3 is 3.05 bits per heavy atom. The van der Waals surface area contributed by atoms with Crippen molar-refractivity contribution in [2.24, 2.45) is 0 Å². The summed E-state index contributed by atoms with van der Waals surface area (Å²) in [6.07, 6.45) is 8.84. The number of rotatable bonds is 2. The van der Waals surface area contributed by atoms with Crippen LogP contribution in [0.5, 0.6) is 0 Å². The van der Waals surface area contributed by atoms with Crippen LogP contribution < -0.4 is 0 Å². The SMILES string of the molecule is CCc1sc2nccn2c1-c1ccc2c(c1)CCC2. The number of thiazole rings is 1. The van der Waals surface area contributed by atoms with E-state index in [9.17, 15) is 0 Å². The summed E-state index contributed by atoms with van der Waals surface area (Å²) >= 11 is 1.81. The molecule has 19 heavy (non-hydrogen) atoms. The summed E-state index contributed by atoms with van der Waals surface area (Å²) in [5.41, 5.74) is 5.77. The van der Waals surface area contributed by atoms with E-state index in [0.29, 0.717) is 0 Å². The summed E-state index contributed by atoms with van der Waals surface area (Å²) in [7, 11) is 0. The van der Waals surface area contributed by atoms with Crippen LogP contribution >= 0.6 is 11.3 Å². The molecule has 96 valence electrons. The molecule has 0 saturated heterocycles. The molecule has 2 aromatic heterocycles. The van der Waals surface area contributed by atoms with Crippen molar-refractivity contribution in [3.05, 3.63) is 46.6 Å². The Bertz CT molecular complexity index is 751. The molecule has 2 nitrogen and oxygen atoms in total. The minimum atomic E-state index is 1.07. The third kappa shape index (κ3) is 1.65. The molecule has 3 heteroatoms. The zero-order chi connectivity index (χ0) is 12.8. The van der Waals surface area contributed by atoms with Crippen LogP contribution in [0, 0.1) is 0 Å². The normalized spacial score (nSPS) is 14.2. The maximum Gasteiger partial charge on any atom is 0.194 e. The molecule has 1 aromatic carbocycles. The highest BCUT2D eigenvalue weighted by Gasteiger charge is 2.16. The van der Waals surface area contributed by atoms with Crippen LogP contribution in [-0.4, -0.2) is 9.38 Å². The molecule has 0 amide bonds. The van der Waals surface area contributed by atoms with Crippen LogP contribution in [0.2, 0.25) is 0 Å². The van der Waals surface area contributed by atoms with Crippen LogP contribution in [0.4, 0.5) is 0 Å². The van der Waals surface area contributed by atoms with Gasteiger partial charge in [0.1, 0.15) is 0 Å². The Balaban J connectivity index is 1.95. The Morgan fingerprint density at radius 2 is 2.16 bits per heavy atom. The van der Waals surface area contributed by atoms with Gasteiger partial charge in [-0.15, -0.1) is 11.3 Å². The molecule has 0 radical (unpaired) electrons. The second-order valence-electron chi connectivity index (χ2n) is 5.14. The molecule has 4 rings (SSSR count). The lowest BCUT2D eigenvalue weighted by Gasteiger charge is -2.06. The lowest BCUT2D eigenvalue weighted by atomic mass is 10.0. The van der Waals surface area contributed by atoms with Gasteiger partial charge in [-0.05, 0) is 48.4 Å². The van der Waals surface area contributed by atoms with Gasteiger partial charge in [-0.3, -0.25) is 4.40 Å². The van der Waals surface area contributed by atoms with Gasteiger partial charge in [0.2, 0.25) is 0 Å². The van der Waals surface area contributed by atoms with Crippen molar-refractivity contribution < 1.29 is 0 Å². The van der Waals surface area contributed by atoms with E-state index in [4.69, 9.17) is 0 Å². The minimum absolute atomic E-state index is 1.07. The van der Waals surface area contributed by atoms with Gasteiger partial charge < -0.3 is 0 Å². The van der Waals surface area contributed by atoms with Gasteiger partial charge in [0.15, 0.2) is 4.96 Å². The molecule has 3 aromatic rings. The standard InChI is InChI=1S/C16H16N2S/c1-2-14-15(18-9-8-17-16(18)19-14)13-7-6-11-4-3-5-12(11)10-13/h6-10H,2-5H2,1H3. The van der Waals surface area contributed by atoms with Crippen molar-refractivity contribution >= 4 is 16.3 Å². The van der Waals surface area contributed by atoms with E-state index in [1.807, 2.05) is 17.5 Å². The number of nitrogens with zero attached hydrogens (tertiary/aromatic N) is 2. The summed E-state index contributed by atoms with van der Waals surface area (Å²) in [5.74, 6) is 0. The Kier molecular flexibility index (Phi) is 2.49. The van der Waals surface area contributed by atoms with Gasteiger partial charge in [0.25, 0.3) is 0 Å². The van der Waals surface area contributed by atoms with Crippen molar-refractivity contribution in [3.8, 4) is 11.3 Å². The third-order valence-electron chi connectivity index (χ3n) is 4.02. The van der Waals surface area contributed by atoms with Gasteiger partial charge in [-0.25, -0.2) is 4.98 Å². The summed E-state index contributed by atoms with van der Waals surface area (Å²) in [6.45, 7) is 2.22. The highest BCUT2D eigenvalue weighted by Crippen LogP contribution is 2.34. The Morgan fingerprint density at radius 1 is 1.26 bits per heavy atom. The Labute approximate surface area is 116 Å². The third-order valence-corrected chi connectivity index (χ3v) is 5.23. The van der Waals surface area contributed by atoms with Crippen molar-refractivity contribution in [1.29, 1.82) is 0 Å². The van der Waals surface area contributed by atoms with Gasteiger partial charge in [0.05, 0.1) is 5.69 Å². The summed E-state index contributed by atoms with van der Waals surface area (Å²) < 4.78 is 2.24. The molecule has 0 unspecified atom stereocenters. The van der Waals surface area contributed by atoms with Crippen molar-refractivity contribution in [1.82, 2.24) is 9.38 Å². The highest BCUT2D eigenvalue weighted by molar-refractivity contribution is 7.17. The van der Waals surface area contributed by atoms with E-state index >= 15 is 0 Å². The molecule has 0 N–H and O–H groups in total. The van der Waals surface area contributed by atoms with Crippen LogP contribution in [-0.2, 0) is 19.3 Å². The monoisotopic (exact) mass is 268 g/mol. The van der Waals surface area contributed by atoms with E-state index in [2.05, 4.69) is 40.7 Å². The van der Waals surface area contributed by atoms with Crippen molar-refractivity contribution in [2.45, 2.75) is 32.6 Å². The first-order valence-corrected chi connectivity index (χ1v) is 7.75. The summed E-state index contributed by atoms with van der Waals surface area (Å²) in [4.78, 5) is 6.96. The Hall–Kier alpha value is -1.61. The largest absolute Gasteiger partial charge is 0.290 e. The van der Waals surface area contributed by atoms with Crippen LogP contribution in [0.3, 0.4) is 0 Å². The van der Waals surface area contributed by atoms with E-state index < -0.39 is 0 Å². The summed E-state index contributed by atoms with van der Waals surface area (Å²) in [6, 6.07) is 6.99. The van der Waals surface area contributed by atoms with Gasteiger partial charge in [0, 0.05) is 17.3 Å². The molecule has 0 spiro atoms. The fourth-order valence-corrected chi connectivity index (χ4v) is 4.13. The first kappa shape index (κ1) is 11.2. The quantitative estimate of drug-likeness (QED) is 0.683. The van der Waals surface area contributed by atoms with Crippen LogP contribution in [0.1, 0.15) is 29.3 Å². The molecule has 1 aliphatic rings. The number of fused-ring (bicyclic) bond motifs is 2. The lowest BCUT2D eigenvalue weighted by Crippen LogP contribution is -1.91. The second-order valence-corrected chi connectivity index (χ2v) is 6.21. The zero-order valence-electron chi connectivity index (χ0n) is 11.0.